The number of imide groups is 1. The molecule has 0 saturated heterocycles. The van der Waals surface area contributed by atoms with E-state index in [0.29, 0.717) is 22.9 Å². The quantitative estimate of drug-likeness (QED) is 0.539. The first-order valence-corrected chi connectivity index (χ1v) is 8.40. The lowest BCUT2D eigenvalue weighted by Gasteiger charge is -2.14. The Labute approximate surface area is 160 Å². The van der Waals surface area contributed by atoms with Crippen LogP contribution in [0.2, 0.25) is 0 Å². The third-order valence-corrected chi connectivity index (χ3v) is 4.38. The van der Waals surface area contributed by atoms with Crippen molar-refractivity contribution in [2.24, 2.45) is 5.73 Å². The van der Waals surface area contributed by atoms with E-state index in [-0.39, 0.29) is 16.7 Å². The van der Waals surface area contributed by atoms with Gasteiger partial charge in [0.2, 0.25) is 5.91 Å². The van der Waals surface area contributed by atoms with Gasteiger partial charge in [-0.05, 0) is 66.7 Å². The topological polar surface area (TPSA) is 116 Å². The molecule has 28 heavy (non-hydrogen) atoms. The molecule has 1 aliphatic rings. The number of benzene rings is 3. The summed E-state index contributed by atoms with van der Waals surface area (Å²) in [4.78, 5) is 37.7. The van der Waals surface area contributed by atoms with Crippen LogP contribution >= 0.6 is 0 Å². The van der Waals surface area contributed by atoms with Crippen LogP contribution in [-0.4, -0.2) is 17.7 Å². The van der Waals surface area contributed by atoms with E-state index in [1.165, 1.54) is 18.2 Å². The summed E-state index contributed by atoms with van der Waals surface area (Å²) in [5.74, 6) is -0.466. The molecule has 4 rings (SSSR count). The second kappa shape index (κ2) is 6.55. The molecule has 3 aromatic rings. The van der Waals surface area contributed by atoms with Gasteiger partial charge in [-0.2, -0.15) is 0 Å². The average molecular weight is 373 g/mol. The van der Waals surface area contributed by atoms with Gasteiger partial charge in [0.1, 0.15) is 11.5 Å². The highest BCUT2D eigenvalue weighted by molar-refractivity contribution is 6.34. The largest absolute Gasteiger partial charge is 0.457 e. The molecule has 138 valence electrons. The summed E-state index contributed by atoms with van der Waals surface area (Å²) >= 11 is 0. The maximum atomic E-state index is 12.7. The summed E-state index contributed by atoms with van der Waals surface area (Å²) in [6.07, 6.45) is 0. The van der Waals surface area contributed by atoms with Crippen LogP contribution in [0.5, 0.6) is 11.5 Å². The Morgan fingerprint density at radius 1 is 0.786 bits per heavy atom. The fourth-order valence-electron chi connectivity index (χ4n) is 2.96. The van der Waals surface area contributed by atoms with Gasteiger partial charge in [-0.3, -0.25) is 14.4 Å². The van der Waals surface area contributed by atoms with Gasteiger partial charge in [0.05, 0.1) is 16.8 Å². The second-order valence-corrected chi connectivity index (χ2v) is 6.24. The van der Waals surface area contributed by atoms with Crippen LogP contribution in [-0.2, 0) is 0 Å². The van der Waals surface area contributed by atoms with Crippen LogP contribution in [0.1, 0.15) is 31.1 Å². The Morgan fingerprint density at radius 2 is 1.36 bits per heavy atom. The summed E-state index contributed by atoms with van der Waals surface area (Å²) in [6, 6.07) is 17.7. The number of hydrogen-bond acceptors (Lipinski definition) is 5. The highest BCUT2D eigenvalue weighted by atomic mass is 16.5. The third-order valence-electron chi connectivity index (χ3n) is 4.38. The zero-order valence-corrected chi connectivity index (χ0v) is 14.6. The third kappa shape index (κ3) is 2.95. The van der Waals surface area contributed by atoms with E-state index in [1.807, 2.05) is 0 Å². The van der Waals surface area contributed by atoms with Crippen molar-refractivity contribution in [3.05, 3.63) is 83.4 Å². The van der Waals surface area contributed by atoms with Crippen molar-refractivity contribution in [1.82, 2.24) is 0 Å². The lowest BCUT2D eigenvalue weighted by molar-refractivity contribution is 0.0925. The summed E-state index contributed by atoms with van der Waals surface area (Å²) in [5.41, 5.74) is 12.5. The molecule has 7 nitrogen and oxygen atoms in total. The highest BCUT2D eigenvalue weighted by Crippen LogP contribution is 2.31. The zero-order valence-electron chi connectivity index (χ0n) is 14.6. The highest BCUT2D eigenvalue weighted by Gasteiger charge is 2.37. The molecule has 0 aromatic heterocycles. The lowest BCUT2D eigenvalue weighted by Crippen LogP contribution is -2.29. The van der Waals surface area contributed by atoms with Gasteiger partial charge < -0.3 is 16.2 Å². The predicted octanol–water partition coefficient (Wildman–Crippen LogP) is 2.96. The Kier molecular flexibility index (Phi) is 4.04. The molecule has 7 heteroatoms. The van der Waals surface area contributed by atoms with Crippen LogP contribution in [0, 0.1) is 0 Å². The number of nitrogens with two attached hydrogens (primary N) is 2. The van der Waals surface area contributed by atoms with Gasteiger partial charge in [-0.15, -0.1) is 0 Å². The standard InChI is InChI=1S/C21H15N3O4/c22-13-2-6-15(7-3-13)28-16-8-4-14(5-9-16)24-20(26)17-10-1-12(19(23)25)11-18(17)21(24)27/h1-11H,22H2,(H2,23,25). The van der Waals surface area contributed by atoms with E-state index in [0.717, 1.165) is 4.90 Å². The van der Waals surface area contributed by atoms with Crippen molar-refractivity contribution in [3.63, 3.8) is 0 Å². The molecular weight excluding hydrogens is 358 g/mol. The number of rotatable bonds is 4. The number of ether oxygens (including phenoxy) is 1. The van der Waals surface area contributed by atoms with Gasteiger partial charge in [-0.25, -0.2) is 4.90 Å². The summed E-state index contributed by atoms with van der Waals surface area (Å²) < 4.78 is 5.71. The SMILES string of the molecule is NC(=O)c1ccc2c(c1)C(=O)N(c1ccc(Oc3ccc(N)cc3)cc1)C2=O. The molecule has 3 aromatic carbocycles. The minimum Gasteiger partial charge on any atom is -0.457 e. The maximum Gasteiger partial charge on any atom is 0.266 e. The number of nitrogen functional groups attached to an aromatic ring is 1. The number of primary amides is 1. The molecule has 0 fully saturated rings. The fourth-order valence-corrected chi connectivity index (χ4v) is 2.96. The van der Waals surface area contributed by atoms with Gasteiger partial charge in [0, 0.05) is 11.3 Å². The zero-order chi connectivity index (χ0) is 19.8. The van der Waals surface area contributed by atoms with Crippen molar-refractivity contribution < 1.29 is 19.1 Å². The Morgan fingerprint density at radius 3 is 1.96 bits per heavy atom. The summed E-state index contributed by atoms with van der Waals surface area (Å²) in [5, 5.41) is 0. The van der Waals surface area contributed by atoms with Crippen molar-refractivity contribution in [3.8, 4) is 11.5 Å². The van der Waals surface area contributed by atoms with E-state index in [4.69, 9.17) is 16.2 Å². The van der Waals surface area contributed by atoms with E-state index in [1.54, 1.807) is 48.5 Å². The first-order chi connectivity index (χ1) is 13.4. The number of carbonyl (C=O) groups is 3. The molecule has 4 N–H and O–H groups in total. The molecule has 0 saturated carbocycles. The number of anilines is 2. The fraction of sp³-hybridized carbons (Fsp3) is 0. The number of carbonyl (C=O) groups excluding carboxylic acids is 3. The predicted molar refractivity (Wildman–Crippen MR) is 103 cm³/mol. The molecule has 0 spiro atoms. The average Bonchev–Trinajstić information content (AvgIpc) is 2.94. The van der Waals surface area contributed by atoms with Crippen molar-refractivity contribution in [2.45, 2.75) is 0 Å². The molecule has 0 unspecified atom stereocenters. The van der Waals surface area contributed by atoms with Crippen LogP contribution < -0.4 is 21.1 Å². The minimum atomic E-state index is -0.661. The first kappa shape index (κ1) is 17.3. The van der Waals surface area contributed by atoms with Crippen molar-refractivity contribution in [2.75, 3.05) is 10.6 Å². The smallest absolute Gasteiger partial charge is 0.266 e. The summed E-state index contributed by atoms with van der Waals surface area (Å²) in [7, 11) is 0. The number of hydrogen-bond donors (Lipinski definition) is 2. The summed E-state index contributed by atoms with van der Waals surface area (Å²) in [6.45, 7) is 0. The maximum absolute atomic E-state index is 12.7. The monoisotopic (exact) mass is 373 g/mol. The molecule has 0 atom stereocenters. The molecule has 0 bridgehead atoms. The van der Waals surface area contributed by atoms with E-state index in [9.17, 15) is 14.4 Å². The lowest BCUT2D eigenvalue weighted by atomic mass is 10.1. The number of amides is 3. The van der Waals surface area contributed by atoms with Crippen LogP contribution in [0.4, 0.5) is 11.4 Å². The normalized spacial score (nSPS) is 12.8. The van der Waals surface area contributed by atoms with E-state index >= 15 is 0 Å². The number of nitrogens with zero attached hydrogens (tertiary/aromatic N) is 1. The molecule has 1 aliphatic heterocycles. The molecule has 0 radical (unpaired) electrons. The van der Waals surface area contributed by atoms with E-state index in [2.05, 4.69) is 0 Å². The van der Waals surface area contributed by atoms with Crippen molar-refractivity contribution >= 4 is 29.1 Å². The van der Waals surface area contributed by atoms with Crippen LogP contribution in [0.25, 0.3) is 0 Å². The Bertz CT molecular complexity index is 1110. The second-order valence-electron chi connectivity index (χ2n) is 6.24. The molecule has 0 aliphatic carbocycles. The van der Waals surface area contributed by atoms with Gasteiger partial charge in [-0.1, -0.05) is 0 Å². The van der Waals surface area contributed by atoms with E-state index < -0.39 is 17.7 Å². The van der Waals surface area contributed by atoms with Gasteiger partial charge in [0.15, 0.2) is 0 Å². The number of fused-ring (bicyclic) bond motifs is 1. The molecule has 1 heterocycles. The van der Waals surface area contributed by atoms with Gasteiger partial charge >= 0.3 is 0 Å². The minimum absolute atomic E-state index is 0.156. The van der Waals surface area contributed by atoms with Gasteiger partial charge in [0.25, 0.3) is 11.8 Å². The van der Waals surface area contributed by atoms with Crippen LogP contribution in [0.15, 0.2) is 66.7 Å². The Hall–Kier alpha value is -4.13. The van der Waals surface area contributed by atoms with Crippen molar-refractivity contribution in [1.29, 1.82) is 0 Å². The molecule has 3 amide bonds. The Balaban J connectivity index is 1.59. The first-order valence-electron chi connectivity index (χ1n) is 8.40. The molecular formula is C21H15N3O4. The van der Waals surface area contributed by atoms with Crippen LogP contribution in [0.3, 0.4) is 0 Å².